The minimum atomic E-state index is -0.384. The number of hydrogen-bond donors (Lipinski definition) is 0. The zero-order valence-corrected chi connectivity index (χ0v) is 15.3. The lowest BCUT2D eigenvalue weighted by Gasteiger charge is -1.99. The lowest BCUT2D eigenvalue weighted by atomic mass is 10.1. The number of nitrogens with zero attached hydrogens (tertiary/aromatic N) is 3. The van der Waals surface area contributed by atoms with Gasteiger partial charge in [0.1, 0.15) is 0 Å². The van der Waals surface area contributed by atoms with E-state index in [-0.39, 0.29) is 5.97 Å². The van der Waals surface area contributed by atoms with E-state index in [4.69, 9.17) is 9.26 Å². The second kappa shape index (κ2) is 6.34. The van der Waals surface area contributed by atoms with Crippen molar-refractivity contribution in [2.24, 2.45) is 0 Å². The van der Waals surface area contributed by atoms with Gasteiger partial charge in [-0.05, 0) is 37.1 Å². The second-order valence-electron chi connectivity index (χ2n) is 5.89. The van der Waals surface area contributed by atoms with Gasteiger partial charge in [0.2, 0.25) is 5.82 Å². The molecule has 2 aromatic heterocycles. The van der Waals surface area contributed by atoms with Crippen molar-refractivity contribution in [3.63, 3.8) is 0 Å². The number of carbonyl (C=O) groups excluding carboxylic acids is 1. The van der Waals surface area contributed by atoms with Crippen molar-refractivity contribution in [2.45, 2.75) is 13.8 Å². The van der Waals surface area contributed by atoms with E-state index >= 15 is 0 Å². The molecule has 7 heteroatoms. The third-order valence-corrected chi connectivity index (χ3v) is 5.29. The number of esters is 1. The van der Waals surface area contributed by atoms with Crippen LogP contribution in [0.25, 0.3) is 32.5 Å². The van der Waals surface area contributed by atoms with E-state index in [0.29, 0.717) is 22.3 Å². The van der Waals surface area contributed by atoms with Crippen molar-refractivity contribution in [3.05, 3.63) is 53.1 Å². The quantitative estimate of drug-likeness (QED) is 0.500. The number of ether oxygens (including phenoxy) is 1. The van der Waals surface area contributed by atoms with E-state index in [0.717, 1.165) is 21.3 Å². The molecule has 0 N–H and O–H groups in total. The maximum absolute atomic E-state index is 11.5. The van der Waals surface area contributed by atoms with Gasteiger partial charge in [-0.1, -0.05) is 29.4 Å². The standard InChI is InChI=1S/C19H15N3O3S/c1-10-4-5-11(2)15-14(10)20-18(26-15)17-21-16(22-25-17)12-6-8-13(9-7-12)19(23)24-3/h4-9H,1-3H3. The van der Waals surface area contributed by atoms with E-state index in [9.17, 15) is 4.79 Å². The van der Waals surface area contributed by atoms with Gasteiger partial charge in [0, 0.05) is 5.56 Å². The van der Waals surface area contributed by atoms with Crippen LogP contribution in [0.5, 0.6) is 0 Å². The maximum atomic E-state index is 11.5. The number of aryl methyl sites for hydroxylation is 2. The highest BCUT2D eigenvalue weighted by atomic mass is 32.1. The van der Waals surface area contributed by atoms with Crippen LogP contribution >= 0.6 is 11.3 Å². The van der Waals surface area contributed by atoms with Gasteiger partial charge < -0.3 is 9.26 Å². The number of benzene rings is 2. The molecule has 26 heavy (non-hydrogen) atoms. The van der Waals surface area contributed by atoms with Crippen LogP contribution in [0.2, 0.25) is 0 Å². The summed E-state index contributed by atoms with van der Waals surface area (Å²) in [5, 5.41) is 4.73. The molecule has 6 nitrogen and oxygen atoms in total. The Morgan fingerprint density at radius 3 is 2.46 bits per heavy atom. The molecule has 0 aliphatic carbocycles. The lowest BCUT2D eigenvalue weighted by molar-refractivity contribution is 0.0601. The molecule has 0 aliphatic heterocycles. The summed E-state index contributed by atoms with van der Waals surface area (Å²) in [6, 6.07) is 11.0. The van der Waals surface area contributed by atoms with Gasteiger partial charge in [-0.15, -0.1) is 11.3 Å². The molecule has 0 saturated carbocycles. The molecule has 2 heterocycles. The van der Waals surface area contributed by atoms with Crippen molar-refractivity contribution in [3.8, 4) is 22.3 Å². The Bertz CT molecular complexity index is 1070. The Kier molecular flexibility index (Phi) is 4.00. The molecule has 2 aromatic carbocycles. The van der Waals surface area contributed by atoms with Crippen molar-refractivity contribution in [1.82, 2.24) is 15.1 Å². The molecule has 0 atom stereocenters. The summed E-state index contributed by atoms with van der Waals surface area (Å²) in [7, 11) is 1.35. The topological polar surface area (TPSA) is 78.1 Å². The predicted octanol–water partition coefficient (Wildman–Crippen LogP) is 4.42. The Labute approximate surface area is 153 Å². The van der Waals surface area contributed by atoms with Crippen LogP contribution in [0.4, 0.5) is 0 Å². The number of hydrogen-bond acceptors (Lipinski definition) is 7. The fourth-order valence-electron chi connectivity index (χ4n) is 2.65. The average Bonchev–Trinajstić information content (AvgIpc) is 3.32. The predicted molar refractivity (Wildman–Crippen MR) is 99.2 cm³/mol. The molecule has 130 valence electrons. The Balaban J connectivity index is 1.69. The van der Waals surface area contributed by atoms with E-state index in [1.807, 2.05) is 6.92 Å². The first-order valence-electron chi connectivity index (χ1n) is 7.96. The number of fused-ring (bicyclic) bond motifs is 1. The van der Waals surface area contributed by atoms with Gasteiger partial charge in [0.05, 0.1) is 22.9 Å². The van der Waals surface area contributed by atoms with E-state index in [1.165, 1.54) is 12.7 Å². The summed E-state index contributed by atoms with van der Waals surface area (Å²) in [6.07, 6.45) is 0. The highest BCUT2D eigenvalue weighted by Crippen LogP contribution is 2.33. The molecule has 0 saturated heterocycles. The molecule has 0 fully saturated rings. The molecule has 0 bridgehead atoms. The van der Waals surface area contributed by atoms with Crippen molar-refractivity contribution >= 4 is 27.5 Å². The van der Waals surface area contributed by atoms with Crippen LogP contribution in [-0.4, -0.2) is 28.2 Å². The largest absolute Gasteiger partial charge is 0.465 e. The minimum absolute atomic E-state index is 0.384. The first-order valence-corrected chi connectivity index (χ1v) is 8.78. The molecule has 4 aromatic rings. The van der Waals surface area contributed by atoms with Gasteiger partial charge in [-0.25, -0.2) is 9.78 Å². The summed E-state index contributed by atoms with van der Waals surface area (Å²) in [4.78, 5) is 20.6. The average molecular weight is 365 g/mol. The monoisotopic (exact) mass is 365 g/mol. The summed E-state index contributed by atoms with van der Waals surface area (Å²) < 4.78 is 11.2. The smallest absolute Gasteiger partial charge is 0.337 e. The fraction of sp³-hybridized carbons (Fsp3) is 0.158. The van der Waals surface area contributed by atoms with E-state index < -0.39 is 0 Å². The molecule has 0 aliphatic rings. The zero-order valence-electron chi connectivity index (χ0n) is 14.4. The van der Waals surface area contributed by atoms with Crippen LogP contribution in [0.1, 0.15) is 21.5 Å². The maximum Gasteiger partial charge on any atom is 0.337 e. The van der Waals surface area contributed by atoms with Gasteiger partial charge >= 0.3 is 5.97 Å². The first kappa shape index (κ1) is 16.4. The number of rotatable bonds is 3. The van der Waals surface area contributed by atoms with E-state index in [1.54, 1.807) is 35.6 Å². The number of carbonyl (C=O) groups is 1. The number of methoxy groups -OCH3 is 1. The Morgan fingerprint density at radius 1 is 1.04 bits per heavy atom. The second-order valence-corrected chi connectivity index (χ2v) is 6.89. The number of aromatic nitrogens is 3. The SMILES string of the molecule is COC(=O)c1ccc(-c2noc(-c3nc4c(C)ccc(C)c4s3)n2)cc1. The highest BCUT2D eigenvalue weighted by Gasteiger charge is 2.17. The van der Waals surface area contributed by atoms with Crippen molar-refractivity contribution in [2.75, 3.05) is 7.11 Å². The third-order valence-electron chi connectivity index (χ3n) is 4.12. The van der Waals surface area contributed by atoms with Crippen LogP contribution in [-0.2, 0) is 4.74 Å². The first-order chi connectivity index (χ1) is 12.6. The third kappa shape index (κ3) is 2.76. The molecular weight excluding hydrogens is 350 g/mol. The highest BCUT2D eigenvalue weighted by molar-refractivity contribution is 7.21. The van der Waals surface area contributed by atoms with Gasteiger partial charge in [-0.3, -0.25) is 0 Å². The normalized spacial score (nSPS) is 11.0. The van der Waals surface area contributed by atoms with Gasteiger partial charge in [-0.2, -0.15) is 4.98 Å². The van der Waals surface area contributed by atoms with Gasteiger partial charge in [0.15, 0.2) is 5.01 Å². The fourth-order valence-corrected chi connectivity index (χ4v) is 3.68. The summed E-state index contributed by atoms with van der Waals surface area (Å²) in [6.45, 7) is 4.10. The molecule has 0 unspecified atom stereocenters. The zero-order chi connectivity index (χ0) is 18.3. The molecular formula is C19H15N3O3S. The summed E-state index contributed by atoms with van der Waals surface area (Å²) in [5.74, 6) is 0.451. The van der Waals surface area contributed by atoms with Crippen LogP contribution in [0, 0.1) is 13.8 Å². The van der Waals surface area contributed by atoms with Crippen LogP contribution < -0.4 is 0 Å². The van der Waals surface area contributed by atoms with Crippen LogP contribution in [0.15, 0.2) is 40.9 Å². The molecule has 0 spiro atoms. The number of thiazole rings is 1. The molecule has 4 rings (SSSR count). The molecule has 0 radical (unpaired) electrons. The minimum Gasteiger partial charge on any atom is -0.465 e. The van der Waals surface area contributed by atoms with Crippen molar-refractivity contribution in [1.29, 1.82) is 0 Å². The van der Waals surface area contributed by atoms with E-state index in [2.05, 4.69) is 34.2 Å². The summed E-state index contributed by atoms with van der Waals surface area (Å²) in [5.41, 5.74) is 4.48. The van der Waals surface area contributed by atoms with Gasteiger partial charge in [0.25, 0.3) is 5.89 Å². The summed E-state index contributed by atoms with van der Waals surface area (Å²) >= 11 is 1.54. The Morgan fingerprint density at radius 2 is 1.77 bits per heavy atom. The van der Waals surface area contributed by atoms with Crippen LogP contribution in [0.3, 0.4) is 0 Å². The molecule has 0 amide bonds. The van der Waals surface area contributed by atoms with Crippen molar-refractivity contribution < 1.29 is 14.1 Å². The Hall–Kier alpha value is -3.06. The lowest BCUT2D eigenvalue weighted by Crippen LogP contribution is -2.00.